The Bertz CT molecular complexity index is 1350. The maximum Gasteiger partial charge on any atom is 0.339 e. The molecule has 2 aliphatic rings. The van der Waals surface area contributed by atoms with Crippen LogP contribution in [0.4, 0.5) is 0 Å². The quantitative estimate of drug-likeness (QED) is 0.0821. The molecule has 4 N–H and O–H groups in total. The molecular formula is C38H57IN2O10. The van der Waals surface area contributed by atoms with Gasteiger partial charge in [-0.25, -0.2) is 4.79 Å². The first-order valence-corrected chi connectivity index (χ1v) is 19.3. The van der Waals surface area contributed by atoms with Gasteiger partial charge in [-0.05, 0) is 87.8 Å². The maximum atomic E-state index is 13.8. The maximum absolute atomic E-state index is 13.8. The van der Waals surface area contributed by atoms with Crippen LogP contribution in [0.2, 0.25) is 0 Å². The van der Waals surface area contributed by atoms with Gasteiger partial charge in [-0.3, -0.25) is 14.4 Å². The van der Waals surface area contributed by atoms with Gasteiger partial charge in [0.25, 0.3) is 0 Å². The van der Waals surface area contributed by atoms with Crippen molar-refractivity contribution >= 4 is 46.3 Å². The minimum atomic E-state index is -1.39. The Morgan fingerprint density at radius 3 is 2.24 bits per heavy atom. The number of benzene rings is 1. The first-order chi connectivity index (χ1) is 24.1. The van der Waals surface area contributed by atoms with Crippen LogP contribution >= 0.6 is 22.6 Å². The van der Waals surface area contributed by atoms with Crippen LogP contribution in [0.3, 0.4) is 0 Å². The number of carbonyl (C=O) groups is 4. The molecule has 6 atom stereocenters. The summed E-state index contributed by atoms with van der Waals surface area (Å²) in [6, 6.07) is 4.86. The second kappa shape index (κ2) is 20.0. The normalized spacial score (nSPS) is 21.4. The highest BCUT2D eigenvalue weighted by atomic mass is 127. The van der Waals surface area contributed by atoms with Crippen LogP contribution in [0.5, 0.6) is 0 Å². The van der Waals surface area contributed by atoms with E-state index in [2.05, 4.69) is 47.1 Å². The van der Waals surface area contributed by atoms with Crippen LogP contribution in [0.25, 0.3) is 0 Å². The molecule has 1 aromatic rings. The number of carbonyl (C=O) groups excluding carboxylic acids is 4. The minimum Gasteiger partial charge on any atom is -0.460 e. The minimum absolute atomic E-state index is 0.00514. The molecule has 1 saturated heterocycles. The molecule has 2 amide bonds. The monoisotopic (exact) mass is 828 g/mol. The molecule has 0 spiro atoms. The lowest BCUT2D eigenvalue weighted by molar-refractivity contribution is -0.190. The van der Waals surface area contributed by atoms with Gasteiger partial charge in [0.15, 0.2) is 5.79 Å². The van der Waals surface area contributed by atoms with E-state index in [4.69, 9.17) is 18.9 Å². The van der Waals surface area contributed by atoms with Crippen molar-refractivity contribution in [1.82, 2.24) is 10.6 Å². The third kappa shape index (κ3) is 13.1. The Morgan fingerprint density at radius 1 is 1.02 bits per heavy atom. The molecule has 1 aromatic carbocycles. The topological polar surface area (TPSA) is 170 Å². The number of esters is 2. The summed E-state index contributed by atoms with van der Waals surface area (Å²) in [5.74, 6) is -3.30. The van der Waals surface area contributed by atoms with E-state index >= 15 is 0 Å². The van der Waals surface area contributed by atoms with Gasteiger partial charge in [0.1, 0.15) is 30.0 Å². The van der Waals surface area contributed by atoms with Crippen molar-refractivity contribution in [2.75, 3.05) is 6.61 Å². The molecule has 286 valence electrons. The Kier molecular flexibility index (Phi) is 16.8. The van der Waals surface area contributed by atoms with Crippen LogP contribution in [0.15, 0.2) is 35.9 Å². The number of hydrogen-bond acceptors (Lipinski definition) is 10. The van der Waals surface area contributed by atoms with E-state index in [0.717, 1.165) is 42.1 Å². The first kappa shape index (κ1) is 42.8. The SMILES string of the molecule is CCCCCC1(CCCCC)OC2C=C(C(=O)NC(C(=O)NC(CO)CCC(=O)OC(C)(C)C)C(C)O)CC(OC(=O)c3ccccc3I)C2O1. The van der Waals surface area contributed by atoms with Gasteiger partial charge in [0.2, 0.25) is 11.8 Å². The van der Waals surface area contributed by atoms with Crippen LogP contribution in [-0.2, 0) is 33.3 Å². The van der Waals surface area contributed by atoms with Gasteiger partial charge in [0, 0.05) is 34.8 Å². The summed E-state index contributed by atoms with van der Waals surface area (Å²) in [7, 11) is 0. The zero-order valence-electron chi connectivity index (χ0n) is 30.9. The Labute approximate surface area is 315 Å². The zero-order valence-corrected chi connectivity index (χ0v) is 33.0. The third-order valence-electron chi connectivity index (χ3n) is 8.88. The number of halogens is 1. The standard InChI is InChI=1S/C38H57IN2O10/c1-7-9-13-19-38(20-14-10-8-2)49-30-22-25(21-29(33(30)51-38)48-36(47)27-15-11-12-16-28(27)39)34(45)41-32(24(3)43)35(46)40-26(23-42)17-18-31(44)50-37(4,5)6/h11-12,15-16,22,24,26,29-30,32-33,42-43H,7-10,13-14,17-21,23H2,1-6H3,(H,40,46)(H,41,45). The number of hydrogen-bond donors (Lipinski definition) is 4. The van der Waals surface area contributed by atoms with E-state index in [9.17, 15) is 29.4 Å². The van der Waals surface area contributed by atoms with Crippen molar-refractivity contribution in [3.8, 4) is 0 Å². The lowest BCUT2D eigenvalue weighted by atomic mass is 9.91. The van der Waals surface area contributed by atoms with Crippen molar-refractivity contribution in [1.29, 1.82) is 0 Å². The predicted octanol–water partition coefficient (Wildman–Crippen LogP) is 5.25. The van der Waals surface area contributed by atoms with Gasteiger partial charge in [0.05, 0.1) is 24.3 Å². The van der Waals surface area contributed by atoms with E-state index in [-0.39, 0.29) is 24.8 Å². The van der Waals surface area contributed by atoms with Crippen molar-refractivity contribution in [3.05, 3.63) is 45.0 Å². The van der Waals surface area contributed by atoms with Crippen LogP contribution < -0.4 is 10.6 Å². The highest BCUT2D eigenvalue weighted by molar-refractivity contribution is 14.1. The highest BCUT2D eigenvalue weighted by Crippen LogP contribution is 2.43. The molecule has 1 heterocycles. The van der Waals surface area contributed by atoms with Crippen LogP contribution in [0, 0.1) is 3.57 Å². The smallest absolute Gasteiger partial charge is 0.339 e. The number of amides is 2. The second-order valence-electron chi connectivity index (χ2n) is 14.5. The summed E-state index contributed by atoms with van der Waals surface area (Å²) in [6.45, 7) is 10.4. The number of fused-ring (bicyclic) bond motifs is 1. The van der Waals surface area contributed by atoms with Gasteiger partial charge < -0.3 is 39.8 Å². The largest absolute Gasteiger partial charge is 0.460 e. The lowest BCUT2D eigenvalue weighted by Crippen LogP contribution is -2.55. The number of aliphatic hydroxyl groups is 2. The molecule has 51 heavy (non-hydrogen) atoms. The molecular weight excluding hydrogens is 771 g/mol. The van der Waals surface area contributed by atoms with Crippen LogP contribution in [-0.4, -0.2) is 88.5 Å². The molecule has 1 aliphatic carbocycles. The van der Waals surface area contributed by atoms with E-state index in [1.54, 1.807) is 45.0 Å². The molecule has 0 radical (unpaired) electrons. The van der Waals surface area contributed by atoms with Crippen molar-refractivity contribution in [2.45, 2.75) is 160 Å². The molecule has 13 heteroatoms. The van der Waals surface area contributed by atoms with E-state index < -0.39 is 78.2 Å². The molecule has 0 bridgehead atoms. The van der Waals surface area contributed by atoms with Gasteiger partial charge in [-0.15, -0.1) is 0 Å². The van der Waals surface area contributed by atoms with E-state index in [1.165, 1.54) is 6.92 Å². The molecule has 3 rings (SSSR count). The fourth-order valence-electron chi connectivity index (χ4n) is 6.25. The summed E-state index contributed by atoms with van der Waals surface area (Å²) in [5.41, 5.74) is -0.0637. The summed E-state index contributed by atoms with van der Waals surface area (Å²) in [4.78, 5) is 52.8. The van der Waals surface area contributed by atoms with Gasteiger partial charge in [-0.1, -0.05) is 51.7 Å². The Hall–Kier alpha value is -2.59. The summed E-state index contributed by atoms with van der Waals surface area (Å²) < 4.78 is 25.4. The third-order valence-corrected chi connectivity index (χ3v) is 9.82. The number of aliphatic hydroxyl groups excluding tert-OH is 2. The summed E-state index contributed by atoms with van der Waals surface area (Å²) in [6.07, 6.45) is 5.37. The molecule has 0 saturated carbocycles. The lowest BCUT2D eigenvalue weighted by Gasteiger charge is -2.32. The summed E-state index contributed by atoms with van der Waals surface area (Å²) >= 11 is 2.08. The number of unbranched alkanes of at least 4 members (excludes halogenated alkanes) is 4. The highest BCUT2D eigenvalue weighted by Gasteiger charge is 2.52. The van der Waals surface area contributed by atoms with Gasteiger partial charge >= 0.3 is 11.9 Å². The van der Waals surface area contributed by atoms with Crippen LogP contribution in [0.1, 0.15) is 123 Å². The fourth-order valence-corrected chi connectivity index (χ4v) is 6.86. The number of nitrogens with one attached hydrogen (secondary N) is 2. The second-order valence-corrected chi connectivity index (χ2v) is 15.7. The van der Waals surface area contributed by atoms with Crippen molar-refractivity contribution < 1.29 is 48.3 Å². The summed E-state index contributed by atoms with van der Waals surface area (Å²) in [5, 5.41) is 25.7. The van der Waals surface area contributed by atoms with E-state index in [1.807, 2.05) is 6.07 Å². The Morgan fingerprint density at radius 2 is 1.67 bits per heavy atom. The van der Waals surface area contributed by atoms with E-state index in [0.29, 0.717) is 18.4 Å². The average Bonchev–Trinajstić information content (AvgIpc) is 3.43. The molecule has 6 unspecified atom stereocenters. The average molecular weight is 829 g/mol. The van der Waals surface area contributed by atoms with Crippen molar-refractivity contribution in [2.24, 2.45) is 0 Å². The predicted molar refractivity (Wildman–Crippen MR) is 200 cm³/mol. The zero-order chi connectivity index (χ0) is 37.8. The number of rotatable bonds is 19. The number of ether oxygens (including phenoxy) is 4. The molecule has 1 fully saturated rings. The molecule has 0 aromatic heterocycles. The Balaban J connectivity index is 1.83. The van der Waals surface area contributed by atoms with Crippen molar-refractivity contribution in [3.63, 3.8) is 0 Å². The fraction of sp³-hybridized carbons (Fsp3) is 0.684. The molecule has 1 aliphatic heterocycles. The van der Waals surface area contributed by atoms with Gasteiger partial charge in [-0.2, -0.15) is 0 Å². The first-order valence-electron chi connectivity index (χ1n) is 18.3. The molecule has 12 nitrogen and oxygen atoms in total.